The highest BCUT2D eigenvalue weighted by atomic mass is 16.2. The first-order valence-electron chi connectivity index (χ1n) is 8.37. The number of nitrogens with one attached hydrogen (secondary N) is 3. The van der Waals surface area contributed by atoms with Crippen molar-refractivity contribution in [1.82, 2.24) is 5.32 Å². The molecular formula is C19H24N4O2. The van der Waals surface area contributed by atoms with Gasteiger partial charge >= 0.3 is 6.03 Å². The molecule has 2 aromatic carbocycles. The maximum absolute atomic E-state index is 11.9. The second kappa shape index (κ2) is 9.32. The van der Waals surface area contributed by atoms with Crippen LogP contribution in [0.3, 0.4) is 0 Å². The summed E-state index contributed by atoms with van der Waals surface area (Å²) in [6.45, 7) is 5.97. The molecule has 0 saturated heterocycles. The number of rotatable bonds is 7. The first-order chi connectivity index (χ1) is 12.1. The van der Waals surface area contributed by atoms with Crippen LogP contribution in [0.2, 0.25) is 0 Å². The van der Waals surface area contributed by atoms with Crippen molar-refractivity contribution < 1.29 is 9.59 Å². The number of para-hydroxylation sites is 1. The van der Waals surface area contributed by atoms with Gasteiger partial charge in [0.05, 0.1) is 6.54 Å². The van der Waals surface area contributed by atoms with E-state index in [9.17, 15) is 9.59 Å². The number of anilines is 3. The monoisotopic (exact) mass is 340 g/mol. The largest absolute Gasteiger partial charge is 0.372 e. The normalized spacial score (nSPS) is 10.0. The van der Waals surface area contributed by atoms with E-state index in [0.29, 0.717) is 11.4 Å². The standard InChI is InChI=1S/C19H24N4O2/c1-3-23(4-2)17-12-10-16(11-13-17)21-18(24)14-20-19(25)22-15-8-6-5-7-9-15/h5-13H,3-4,14H2,1-2H3,(H,21,24)(H2,20,22,25). The van der Waals surface area contributed by atoms with Crippen LogP contribution in [-0.4, -0.2) is 31.6 Å². The molecule has 0 heterocycles. The molecule has 0 bridgehead atoms. The number of carbonyl (C=O) groups excluding carboxylic acids is 2. The molecule has 3 amide bonds. The summed E-state index contributed by atoms with van der Waals surface area (Å²) in [4.78, 5) is 25.9. The fourth-order valence-electron chi connectivity index (χ4n) is 2.41. The van der Waals surface area contributed by atoms with Crippen molar-refractivity contribution >= 4 is 29.0 Å². The van der Waals surface area contributed by atoms with E-state index >= 15 is 0 Å². The Labute approximate surface area is 148 Å². The van der Waals surface area contributed by atoms with Gasteiger partial charge in [0.2, 0.25) is 5.91 Å². The van der Waals surface area contributed by atoms with Crippen LogP contribution in [0.25, 0.3) is 0 Å². The third-order valence-corrected chi connectivity index (χ3v) is 3.72. The minimum Gasteiger partial charge on any atom is -0.372 e. The molecule has 6 heteroatoms. The van der Waals surface area contributed by atoms with Gasteiger partial charge in [-0.25, -0.2) is 4.79 Å². The van der Waals surface area contributed by atoms with Crippen molar-refractivity contribution in [2.24, 2.45) is 0 Å². The van der Waals surface area contributed by atoms with Gasteiger partial charge in [0, 0.05) is 30.2 Å². The molecule has 2 aromatic rings. The number of amides is 3. The van der Waals surface area contributed by atoms with Gasteiger partial charge in [-0.1, -0.05) is 18.2 Å². The lowest BCUT2D eigenvalue weighted by Gasteiger charge is -2.21. The predicted molar refractivity (Wildman–Crippen MR) is 102 cm³/mol. The van der Waals surface area contributed by atoms with E-state index in [4.69, 9.17) is 0 Å². The van der Waals surface area contributed by atoms with Gasteiger partial charge in [-0.05, 0) is 50.2 Å². The summed E-state index contributed by atoms with van der Waals surface area (Å²) in [5, 5.41) is 7.95. The lowest BCUT2D eigenvalue weighted by Crippen LogP contribution is -2.35. The van der Waals surface area contributed by atoms with E-state index in [2.05, 4.69) is 34.7 Å². The molecule has 0 radical (unpaired) electrons. The van der Waals surface area contributed by atoms with Crippen LogP contribution < -0.4 is 20.9 Å². The predicted octanol–water partition coefficient (Wildman–Crippen LogP) is 3.29. The van der Waals surface area contributed by atoms with Crippen LogP contribution >= 0.6 is 0 Å². The third kappa shape index (κ3) is 5.84. The Hall–Kier alpha value is -3.02. The summed E-state index contributed by atoms with van der Waals surface area (Å²) in [6.07, 6.45) is 0. The highest BCUT2D eigenvalue weighted by Crippen LogP contribution is 2.17. The molecule has 25 heavy (non-hydrogen) atoms. The van der Waals surface area contributed by atoms with Crippen molar-refractivity contribution in [3.8, 4) is 0 Å². The number of nitrogens with zero attached hydrogens (tertiary/aromatic N) is 1. The van der Waals surface area contributed by atoms with Gasteiger partial charge < -0.3 is 20.9 Å². The molecule has 6 nitrogen and oxygen atoms in total. The quantitative estimate of drug-likeness (QED) is 0.724. The van der Waals surface area contributed by atoms with Gasteiger partial charge in [0.15, 0.2) is 0 Å². The van der Waals surface area contributed by atoms with E-state index < -0.39 is 6.03 Å². The summed E-state index contributed by atoms with van der Waals surface area (Å²) in [5.41, 5.74) is 2.49. The second-order valence-electron chi connectivity index (χ2n) is 5.44. The van der Waals surface area contributed by atoms with Crippen LogP contribution in [0.4, 0.5) is 21.9 Å². The van der Waals surface area contributed by atoms with Crippen LogP contribution in [0.15, 0.2) is 54.6 Å². The number of urea groups is 1. The molecule has 0 unspecified atom stereocenters. The third-order valence-electron chi connectivity index (χ3n) is 3.72. The number of hydrogen-bond donors (Lipinski definition) is 3. The lowest BCUT2D eigenvalue weighted by molar-refractivity contribution is -0.115. The van der Waals surface area contributed by atoms with E-state index in [1.807, 2.05) is 42.5 Å². The fourth-order valence-corrected chi connectivity index (χ4v) is 2.41. The first-order valence-corrected chi connectivity index (χ1v) is 8.37. The van der Waals surface area contributed by atoms with Crippen LogP contribution in [-0.2, 0) is 4.79 Å². The van der Waals surface area contributed by atoms with Crippen molar-refractivity contribution in [3.05, 3.63) is 54.6 Å². The molecule has 0 spiro atoms. The van der Waals surface area contributed by atoms with Crippen molar-refractivity contribution in [1.29, 1.82) is 0 Å². The smallest absolute Gasteiger partial charge is 0.319 e. The molecule has 0 aromatic heterocycles. The maximum Gasteiger partial charge on any atom is 0.319 e. The van der Waals surface area contributed by atoms with E-state index in [0.717, 1.165) is 18.8 Å². The SMILES string of the molecule is CCN(CC)c1ccc(NC(=O)CNC(=O)Nc2ccccc2)cc1. The van der Waals surface area contributed by atoms with Crippen LogP contribution in [0.5, 0.6) is 0 Å². The van der Waals surface area contributed by atoms with E-state index in [1.54, 1.807) is 12.1 Å². The van der Waals surface area contributed by atoms with Crippen LogP contribution in [0.1, 0.15) is 13.8 Å². The van der Waals surface area contributed by atoms with E-state index in [1.165, 1.54) is 0 Å². The highest BCUT2D eigenvalue weighted by Gasteiger charge is 2.07. The zero-order valence-electron chi connectivity index (χ0n) is 14.6. The number of hydrogen-bond acceptors (Lipinski definition) is 3. The zero-order chi connectivity index (χ0) is 18.1. The minimum absolute atomic E-state index is 0.101. The average molecular weight is 340 g/mol. The minimum atomic E-state index is -0.418. The molecular weight excluding hydrogens is 316 g/mol. The van der Waals surface area contributed by atoms with E-state index in [-0.39, 0.29) is 12.5 Å². The van der Waals surface area contributed by atoms with Gasteiger partial charge in [0.1, 0.15) is 0 Å². The van der Waals surface area contributed by atoms with Gasteiger partial charge in [0.25, 0.3) is 0 Å². The molecule has 0 aliphatic heterocycles. The summed E-state index contributed by atoms with van der Waals surface area (Å²) in [6, 6.07) is 16.3. The molecule has 0 atom stereocenters. The Morgan fingerprint density at radius 1 is 0.840 bits per heavy atom. The molecule has 0 aliphatic rings. The first kappa shape index (κ1) is 18.3. The molecule has 2 rings (SSSR count). The summed E-state index contributed by atoms with van der Waals surface area (Å²) < 4.78 is 0. The molecule has 0 aliphatic carbocycles. The molecule has 3 N–H and O–H groups in total. The highest BCUT2D eigenvalue weighted by molar-refractivity contribution is 5.97. The van der Waals surface area contributed by atoms with Crippen LogP contribution in [0, 0.1) is 0 Å². The zero-order valence-corrected chi connectivity index (χ0v) is 14.6. The molecule has 132 valence electrons. The maximum atomic E-state index is 11.9. The fraction of sp³-hybridized carbons (Fsp3) is 0.263. The summed E-state index contributed by atoms with van der Waals surface area (Å²) in [5.74, 6) is -0.279. The Morgan fingerprint density at radius 3 is 2.04 bits per heavy atom. The van der Waals surface area contributed by atoms with Crippen molar-refractivity contribution in [2.45, 2.75) is 13.8 Å². The lowest BCUT2D eigenvalue weighted by atomic mass is 10.2. The summed E-state index contributed by atoms with van der Waals surface area (Å²) >= 11 is 0. The molecule has 0 saturated carbocycles. The Balaban J connectivity index is 1.79. The van der Waals surface area contributed by atoms with Gasteiger partial charge in [-0.3, -0.25) is 4.79 Å². The number of benzene rings is 2. The molecule has 0 fully saturated rings. The van der Waals surface area contributed by atoms with Crippen molar-refractivity contribution in [2.75, 3.05) is 35.2 Å². The van der Waals surface area contributed by atoms with Crippen molar-refractivity contribution in [3.63, 3.8) is 0 Å². The van der Waals surface area contributed by atoms with Gasteiger partial charge in [-0.15, -0.1) is 0 Å². The van der Waals surface area contributed by atoms with Gasteiger partial charge in [-0.2, -0.15) is 0 Å². The summed E-state index contributed by atoms with van der Waals surface area (Å²) in [7, 11) is 0. The topological polar surface area (TPSA) is 73.5 Å². The Bertz CT molecular complexity index is 682. The Morgan fingerprint density at radius 2 is 1.44 bits per heavy atom. The second-order valence-corrected chi connectivity index (χ2v) is 5.44. The average Bonchev–Trinajstić information content (AvgIpc) is 2.63. The Kier molecular flexibility index (Phi) is 6.83. The number of carbonyl (C=O) groups is 2.